The van der Waals surface area contributed by atoms with E-state index in [0.29, 0.717) is 5.82 Å². The molecule has 130 valence electrons. The Bertz CT molecular complexity index is 905. The van der Waals surface area contributed by atoms with Crippen molar-refractivity contribution in [3.63, 3.8) is 0 Å². The summed E-state index contributed by atoms with van der Waals surface area (Å²) in [6.07, 6.45) is -0.791. The minimum atomic E-state index is -4.40. The van der Waals surface area contributed by atoms with Gasteiger partial charge < -0.3 is 25.2 Å². The average Bonchev–Trinajstić information content (AvgIpc) is 3.00. The van der Waals surface area contributed by atoms with Gasteiger partial charge in [0, 0.05) is 11.7 Å². The van der Waals surface area contributed by atoms with Crippen molar-refractivity contribution in [1.82, 2.24) is 19.5 Å². The second-order valence-corrected chi connectivity index (χ2v) is 7.08. The predicted molar refractivity (Wildman–Crippen MR) is 81.8 cm³/mol. The van der Waals surface area contributed by atoms with Gasteiger partial charge in [0.05, 0.1) is 18.5 Å². The van der Waals surface area contributed by atoms with E-state index < -0.39 is 37.4 Å². The van der Waals surface area contributed by atoms with Crippen LogP contribution in [0.2, 0.25) is 0 Å². The third-order valence-corrected chi connectivity index (χ3v) is 4.54. The van der Waals surface area contributed by atoms with Crippen LogP contribution in [0.3, 0.4) is 0 Å². The molecule has 1 fully saturated rings. The fourth-order valence-electron chi connectivity index (χ4n) is 2.88. The first kappa shape index (κ1) is 16.8. The number of halogens is 1. The molecule has 0 radical (unpaired) electrons. The normalized spacial score (nSPS) is 28.2. The maximum atomic E-state index is 14.5. The van der Waals surface area contributed by atoms with Crippen molar-refractivity contribution in [2.75, 3.05) is 5.73 Å². The van der Waals surface area contributed by atoms with E-state index in [1.165, 1.54) is 10.9 Å². The summed E-state index contributed by atoms with van der Waals surface area (Å²) in [5.74, 6) is -0.307. The van der Waals surface area contributed by atoms with E-state index in [1.54, 1.807) is 0 Å². The van der Waals surface area contributed by atoms with Gasteiger partial charge in [0.25, 0.3) is 5.56 Å². The van der Waals surface area contributed by atoms with Crippen LogP contribution in [0.4, 0.5) is 10.3 Å². The highest BCUT2D eigenvalue weighted by molar-refractivity contribution is 7.55. The summed E-state index contributed by atoms with van der Waals surface area (Å²) >= 11 is 0. The molecule has 2 aromatic heterocycles. The first-order valence-corrected chi connectivity index (χ1v) is 8.64. The van der Waals surface area contributed by atoms with E-state index in [9.17, 15) is 18.9 Å². The number of nitrogen functional groups attached to an aromatic ring is 1. The van der Waals surface area contributed by atoms with Crippen molar-refractivity contribution < 1.29 is 23.8 Å². The largest absolute Gasteiger partial charge is 0.389 e. The smallest absolute Gasteiger partial charge is 0.348 e. The summed E-state index contributed by atoms with van der Waals surface area (Å²) in [7, 11) is -4.40. The van der Waals surface area contributed by atoms with E-state index in [2.05, 4.69) is 15.0 Å². The van der Waals surface area contributed by atoms with E-state index in [0.717, 1.165) is 6.08 Å². The summed E-state index contributed by atoms with van der Waals surface area (Å²) in [5, 5.41) is 9.98. The summed E-state index contributed by atoms with van der Waals surface area (Å²) in [5.41, 5.74) is 4.99. The molecule has 4 atom stereocenters. The van der Waals surface area contributed by atoms with E-state index in [4.69, 9.17) is 15.5 Å². The summed E-state index contributed by atoms with van der Waals surface area (Å²) in [4.78, 5) is 39.6. The van der Waals surface area contributed by atoms with Crippen LogP contribution in [0.15, 0.2) is 23.0 Å². The van der Waals surface area contributed by atoms with Crippen LogP contribution in [0, 0.1) is 5.92 Å². The molecule has 1 saturated carbocycles. The number of imidazole rings is 1. The fourth-order valence-corrected chi connectivity index (χ4v) is 3.33. The maximum Gasteiger partial charge on any atom is 0.348 e. The Morgan fingerprint density at radius 3 is 2.88 bits per heavy atom. The average molecular weight is 359 g/mol. The van der Waals surface area contributed by atoms with E-state index >= 15 is 0 Å². The predicted octanol–water partition coefficient (Wildman–Crippen LogP) is -0.347. The van der Waals surface area contributed by atoms with Crippen molar-refractivity contribution in [2.24, 2.45) is 5.92 Å². The number of hydrogen-bond donors (Lipinski definition) is 5. The molecule has 0 amide bonds. The molecule has 0 aliphatic heterocycles. The van der Waals surface area contributed by atoms with E-state index in [-0.39, 0.29) is 23.5 Å². The zero-order valence-corrected chi connectivity index (χ0v) is 13.0. The van der Waals surface area contributed by atoms with Crippen LogP contribution in [0.5, 0.6) is 0 Å². The van der Waals surface area contributed by atoms with Crippen molar-refractivity contribution in [3.8, 4) is 0 Å². The molecule has 1 aliphatic rings. The second kappa shape index (κ2) is 5.78. The Kier molecular flexibility index (Phi) is 4.04. The molecule has 0 aromatic carbocycles. The number of alkyl halides is 1. The third-order valence-electron chi connectivity index (χ3n) is 3.98. The highest BCUT2D eigenvalue weighted by atomic mass is 31.2. The molecule has 0 saturated heterocycles. The minimum absolute atomic E-state index is 0.0138. The number of H-pyrrole nitrogens is 1. The number of aromatic amines is 1. The molecular weight excluding hydrogens is 344 g/mol. The topological polar surface area (TPSA) is 167 Å². The molecule has 3 rings (SSSR count). The molecule has 4 unspecified atom stereocenters. The highest BCUT2D eigenvalue weighted by Crippen LogP contribution is 2.42. The SMILES string of the molecule is Nc1nc2c(ncn2C2CC(C=CP(=O)(O)O)C(O)C2F)c(=O)[nH]1. The summed E-state index contributed by atoms with van der Waals surface area (Å²) < 4.78 is 26.7. The van der Waals surface area contributed by atoms with Gasteiger partial charge in [0.15, 0.2) is 11.2 Å². The van der Waals surface area contributed by atoms with Gasteiger partial charge in [-0.3, -0.25) is 14.3 Å². The number of aliphatic hydroxyl groups is 1. The van der Waals surface area contributed by atoms with Crippen molar-refractivity contribution in [2.45, 2.75) is 24.7 Å². The molecule has 2 aromatic rings. The number of rotatable bonds is 3. The standard InChI is InChI=1S/C12H15FN5O5P/c13-7-6(3-5(9(7)19)1-2-24(21,22)23)18-4-15-8-10(18)16-12(14)17-11(8)20/h1-2,4-7,9,19H,3H2,(H2,21,22,23)(H3,14,16,17,20). The lowest BCUT2D eigenvalue weighted by molar-refractivity contribution is 0.0707. The van der Waals surface area contributed by atoms with Gasteiger partial charge in [0.2, 0.25) is 5.95 Å². The molecule has 12 heteroatoms. The molecule has 0 bridgehead atoms. The Morgan fingerprint density at radius 1 is 1.50 bits per heavy atom. The molecule has 10 nitrogen and oxygen atoms in total. The quantitative estimate of drug-likeness (QED) is 0.464. The van der Waals surface area contributed by atoms with Gasteiger partial charge in [-0.1, -0.05) is 6.08 Å². The summed E-state index contributed by atoms with van der Waals surface area (Å²) in [6.45, 7) is 0. The molecule has 0 spiro atoms. The minimum Gasteiger partial charge on any atom is -0.389 e. The number of anilines is 1. The number of aliphatic hydroxyl groups excluding tert-OH is 1. The zero-order valence-electron chi connectivity index (χ0n) is 12.2. The van der Waals surface area contributed by atoms with Gasteiger partial charge in [0.1, 0.15) is 6.17 Å². The number of nitrogens with two attached hydrogens (primary N) is 1. The number of nitrogens with zero attached hydrogens (tertiary/aromatic N) is 3. The highest BCUT2D eigenvalue weighted by Gasteiger charge is 2.43. The van der Waals surface area contributed by atoms with Gasteiger partial charge in [-0.15, -0.1) is 0 Å². The second-order valence-electron chi connectivity index (χ2n) is 5.61. The van der Waals surface area contributed by atoms with Gasteiger partial charge >= 0.3 is 7.60 Å². The van der Waals surface area contributed by atoms with E-state index in [1.807, 2.05) is 0 Å². The van der Waals surface area contributed by atoms with Crippen LogP contribution in [0.25, 0.3) is 11.2 Å². The third kappa shape index (κ3) is 2.98. The molecule has 24 heavy (non-hydrogen) atoms. The molecule has 6 N–H and O–H groups in total. The maximum absolute atomic E-state index is 14.5. The van der Waals surface area contributed by atoms with Gasteiger partial charge in [-0.25, -0.2) is 9.37 Å². The Labute approximate surface area is 134 Å². The zero-order chi connectivity index (χ0) is 17.6. The number of fused-ring (bicyclic) bond motifs is 1. The Balaban J connectivity index is 1.97. The molecular formula is C12H15FN5O5P. The van der Waals surface area contributed by atoms with Crippen molar-refractivity contribution in [1.29, 1.82) is 0 Å². The molecule has 2 heterocycles. The lowest BCUT2D eigenvalue weighted by Gasteiger charge is -2.16. The number of hydrogen-bond acceptors (Lipinski definition) is 6. The van der Waals surface area contributed by atoms with Crippen molar-refractivity contribution in [3.05, 3.63) is 28.6 Å². The Hall–Kier alpha value is -2.07. The van der Waals surface area contributed by atoms with Crippen LogP contribution >= 0.6 is 7.60 Å². The lowest BCUT2D eigenvalue weighted by Crippen LogP contribution is -2.25. The van der Waals surface area contributed by atoms with Crippen molar-refractivity contribution >= 4 is 24.7 Å². The van der Waals surface area contributed by atoms with Crippen LogP contribution in [-0.2, 0) is 4.57 Å². The van der Waals surface area contributed by atoms with Gasteiger partial charge in [-0.05, 0) is 6.42 Å². The molecule has 1 aliphatic carbocycles. The lowest BCUT2D eigenvalue weighted by atomic mass is 10.1. The summed E-state index contributed by atoms with van der Waals surface area (Å²) in [6, 6.07) is -0.898. The van der Waals surface area contributed by atoms with Crippen LogP contribution < -0.4 is 11.3 Å². The first-order chi connectivity index (χ1) is 11.2. The number of aromatic nitrogens is 4. The first-order valence-electron chi connectivity index (χ1n) is 6.96. The Morgan fingerprint density at radius 2 is 2.21 bits per heavy atom. The van der Waals surface area contributed by atoms with Crippen LogP contribution in [-0.4, -0.2) is 46.7 Å². The number of nitrogens with one attached hydrogen (secondary N) is 1. The fraction of sp³-hybridized carbons (Fsp3) is 0.417. The van der Waals surface area contributed by atoms with Gasteiger partial charge in [-0.2, -0.15) is 4.98 Å². The monoisotopic (exact) mass is 359 g/mol. The van der Waals surface area contributed by atoms with Crippen LogP contribution in [0.1, 0.15) is 12.5 Å².